The Balaban J connectivity index is 1.19. The van der Waals surface area contributed by atoms with E-state index in [9.17, 15) is 63.9 Å². The normalized spacial score (nSPS) is 19.0. The highest BCUT2D eigenvalue weighted by atomic mass is 16.7. The molecule has 1 heterocycles. The minimum absolute atomic E-state index is 0.0115. The second-order valence-corrected chi connectivity index (χ2v) is 19.6. The number of carbonyl (C=O) groups is 8. The van der Waals surface area contributed by atoms with E-state index in [1.807, 2.05) is 0 Å². The lowest BCUT2D eigenvalue weighted by atomic mass is 9.97. The Hall–Kier alpha value is -9.24. The fourth-order valence-corrected chi connectivity index (χ4v) is 8.92. The standard InChI is InChI=1S/C64H64O24/c1-38(65)81-51-48(37-80-62(75)52(86-60(73)44-29-17-7-18-30-44)49(67)46(83-58(71)42-25-13-5-14-26-42)33-35-78-56(69)40-21-9-3-10-22-40)85-64(77)55(82-39(2)66)54(51)88-63(76)53(87-61(74)45-31-19-8-20-32-45)50(68)47(84-59(72)43-27-15-6-16-28-43)34-36-79-57(70)41-23-11-4-12-24-41/h3-32,46-55,62-64,67-68,75-77H,33-37H2,1-2H3. The molecule has 464 valence electrons. The summed E-state index contributed by atoms with van der Waals surface area (Å²) in [4.78, 5) is 107. The summed E-state index contributed by atoms with van der Waals surface area (Å²) in [5, 5.41) is 60.2. The lowest BCUT2D eigenvalue weighted by molar-refractivity contribution is -0.333. The number of benzene rings is 6. The molecule has 1 aliphatic rings. The van der Waals surface area contributed by atoms with Gasteiger partial charge >= 0.3 is 47.8 Å². The number of hydrogen-bond donors (Lipinski definition) is 5. The summed E-state index contributed by atoms with van der Waals surface area (Å²) in [7, 11) is 0. The van der Waals surface area contributed by atoms with Gasteiger partial charge in [-0.1, -0.05) is 109 Å². The van der Waals surface area contributed by atoms with Crippen LogP contribution in [0.3, 0.4) is 0 Å². The number of carbonyl (C=O) groups excluding carboxylic acids is 8. The van der Waals surface area contributed by atoms with Gasteiger partial charge < -0.3 is 77.6 Å². The third-order valence-electron chi connectivity index (χ3n) is 13.3. The lowest BCUT2D eigenvalue weighted by Gasteiger charge is -2.44. The predicted molar refractivity (Wildman–Crippen MR) is 302 cm³/mol. The molecule has 1 fully saturated rings. The molecule has 24 nitrogen and oxygen atoms in total. The zero-order valence-electron chi connectivity index (χ0n) is 47.4. The highest BCUT2D eigenvalue weighted by Gasteiger charge is 2.53. The molecule has 0 spiro atoms. The van der Waals surface area contributed by atoms with Gasteiger partial charge in [-0.15, -0.1) is 0 Å². The molecule has 6 aromatic carbocycles. The SMILES string of the molecule is CC(=O)OC1C(O)OC(COC(O)C(OC(=O)c2ccccc2)C(O)C(CCOC(=O)c2ccccc2)OC(=O)c2ccccc2)C(OC(C)=O)C1OC(O)C(OC(=O)c1ccccc1)C(O)C(CCOC(=O)c1ccccc1)OC(=O)c1ccccc1. The van der Waals surface area contributed by atoms with Crippen LogP contribution in [0.4, 0.5) is 0 Å². The van der Waals surface area contributed by atoms with Crippen molar-refractivity contribution in [3.05, 3.63) is 215 Å². The van der Waals surface area contributed by atoms with Crippen LogP contribution in [0.15, 0.2) is 182 Å². The van der Waals surface area contributed by atoms with Crippen molar-refractivity contribution in [2.24, 2.45) is 0 Å². The summed E-state index contributed by atoms with van der Waals surface area (Å²) >= 11 is 0. The number of hydrogen-bond acceptors (Lipinski definition) is 24. The van der Waals surface area contributed by atoms with Gasteiger partial charge in [-0.2, -0.15) is 0 Å². The van der Waals surface area contributed by atoms with E-state index in [4.69, 9.17) is 52.1 Å². The molecule has 6 aromatic rings. The van der Waals surface area contributed by atoms with Crippen molar-refractivity contribution >= 4 is 47.8 Å². The van der Waals surface area contributed by atoms with Crippen molar-refractivity contribution in [2.75, 3.05) is 19.8 Å². The van der Waals surface area contributed by atoms with Crippen LogP contribution in [-0.4, -0.2) is 173 Å². The van der Waals surface area contributed by atoms with Crippen LogP contribution in [0.1, 0.15) is 88.8 Å². The Morgan fingerprint density at radius 1 is 0.409 bits per heavy atom. The zero-order chi connectivity index (χ0) is 63.1. The maximum absolute atomic E-state index is 13.9. The first kappa shape index (κ1) is 66.3. The Labute approximate surface area is 503 Å². The zero-order valence-corrected chi connectivity index (χ0v) is 47.4. The van der Waals surface area contributed by atoms with Crippen molar-refractivity contribution in [3.8, 4) is 0 Å². The van der Waals surface area contributed by atoms with Gasteiger partial charge in [0, 0.05) is 26.7 Å². The van der Waals surface area contributed by atoms with E-state index in [0.29, 0.717) is 0 Å². The summed E-state index contributed by atoms with van der Waals surface area (Å²) < 4.78 is 62.3. The molecule has 0 aromatic heterocycles. The molecule has 13 atom stereocenters. The van der Waals surface area contributed by atoms with Gasteiger partial charge in [0.2, 0.25) is 0 Å². The molecule has 0 amide bonds. The van der Waals surface area contributed by atoms with Gasteiger partial charge in [0.1, 0.15) is 36.6 Å². The Morgan fingerprint density at radius 2 is 0.716 bits per heavy atom. The van der Waals surface area contributed by atoms with E-state index in [-0.39, 0.29) is 33.4 Å². The van der Waals surface area contributed by atoms with E-state index in [1.165, 1.54) is 121 Å². The highest BCUT2D eigenvalue weighted by molar-refractivity contribution is 5.92. The number of rotatable bonds is 29. The molecule has 0 saturated carbocycles. The Bertz CT molecular complexity index is 3210. The van der Waals surface area contributed by atoms with E-state index in [1.54, 1.807) is 60.7 Å². The molecular weight excluding hydrogens is 1150 g/mol. The first-order valence-corrected chi connectivity index (χ1v) is 27.5. The summed E-state index contributed by atoms with van der Waals surface area (Å²) in [6, 6.07) is 45.0. The van der Waals surface area contributed by atoms with Crippen molar-refractivity contribution in [1.82, 2.24) is 0 Å². The van der Waals surface area contributed by atoms with Gasteiger partial charge in [-0.3, -0.25) is 9.59 Å². The smallest absolute Gasteiger partial charge is 0.338 e. The quantitative estimate of drug-likeness (QED) is 0.0241. The van der Waals surface area contributed by atoms with E-state index >= 15 is 0 Å². The molecule has 0 radical (unpaired) electrons. The van der Waals surface area contributed by atoms with Gasteiger partial charge in [-0.25, -0.2) is 28.8 Å². The summed E-state index contributed by atoms with van der Waals surface area (Å²) in [6.07, 6.45) is -29.1. The summed E-state index contributed by atoms with van der Waals surface area (Å²) in [5.74, 6) is -8.14. The highest BCUT2D eigenvalue weighted by Crippen LogP contribution is 2.32. The van der Waals surface area contributed by atoms with Gasteiger partial charge in [0.15, 0.2) is 43.3 Å². The fourth-order valence-electron chi connectivity index (χ4n) is 8.92. The topological polar surface area (TPSA) is 339 Å². The van der Waals surface area contributed by atoms with Crippen LogP contribution in [0.5, 0.6) is 0 Å². The van der Waals surface area contributed by atoms with Crippen LogP contribution in [-0.2, 0) is 61.7 Å². The number of aliphatic hydroxyl groups excluding tert-OH is 5. The number of aliphatic hydroxyl groups is 5. The van der Waals surface area contributed by atoms with Crippen molar-refractivity contribution in [2.45, 2.75) is 107 Å². The van der Waals surface area contributed by atoms with Crippen LogP contribution in [0, 0.1) is 0 Å². The largest absolute Gasteiger partial charge is 0.462 e. The fraction of sp³-hybridized carbons (Fsp3) is 0.312. The van der Waals surface area contributed by atoms with Crippen LogP contribution in [0.2, 0.25) is 0 Å². The second-order valence-electron chi connectivity index (χ2n) is 19.6. The molecule has 0 bridgehead atoms. The molecular formula is C64H64O24. The monoisotopic (exact) mass is 1220 g/mol. The number of esters is 8. The van der Waals surface area contributed by atoms with Crippen LogP contribution in [0.25, 0.3) is 0 Å². The first-order chi connectivity index (χ1) is 42.4. The molecule has 1 saturated heterocycles. The summed E-state index contributed by atoms with van der Waals surface area (Å²) in [6.45, 7) is -0.252. The van der Waals surface area contributed by atoms with Gasteiger partial charge in [0.05, 0.1) is 53.2 Å². The molecule has 88 heavy (non-hydrogen) atoms. The third kappa shape index (κ3) is 19.1. The first-order valence-electron chi connectivity index (χ1n) is 27.5. The molecule has 5 N–H and O–H groups in total. The van der Waals surface area contributed by atoms with Gasteiger partial charge in [0.25, 0.3) is 0 Å². The van der Waals surface area contributed by atoms with Crippen molar-refractivity contribution < 1.29 is 116 Å². The van der Waals surface area contributed by atoms with Gasteiger partial charge in [-0.05, 0) is 72.8 Å². The van der Waals surface area contributed by atoms with Crippen LogP contribution < -0.4 is 0 Å². The minimum atomic E-state index is -2.65. The molecule has 7 rings (SSSR count). The minimum Gasteiger partial charge on any atom is -0.462 e. The summed E-state index contributed by atoms with van der Waals surface area (Å²) in [5.41, 5.74) is 0.100. The molecule has 0 aliphatic carbocycles. The third-order valence-corrected chi connectivity index (χ3v) is 13.3. The number of ether oxygens (including phenoxy) is 11. The van der Waals surface area contributed by atoms with Crippen LogP contribution >= 0.6 is 0 Å². The maximum Gasteiger partial charge on any atom is 0.338 e. The average molecular weight is 1220 g/mol. The molecule has 13 unspecified atom stereocenters. The van der Waals surface area contributed by atoms with Crippen molar-refractivity contribution in [1.29, 1.82) is 0 Å². The predicted octanol–water partition coefficient (Wildman–Crippen LogP) is 4.72. The Kier molecular flexibility index (Phi) is 24.9. The Morgan fingerprint density at radius 3 is 1.06 bits per heavy atom. The van der Waals surface area contributed by atoms with E-state index < -0.39 is 160 Å². The van der Waals surface area contributed by atoms with Crippen molar-refractivity contribution in [3.63, 3.8) is 0 Å². The lowest BCUT2D eigenvalue weighted by Crippen LogP contribution is -2.64. The molecule has 1 aliphatic heterocycles. The second kappa shape index (κ2) is 33.0. The average Bonchev–Trinajstić information content (AvgIpc) is 1.15. The van der Waals surface area contributed by atoms with E-state index in [2.05, 4.69) is 0 Å². The molecule has 24 heteroatoms. The maximum atomic E-state index is 13.9. The van der Waals surface area contributed by atoms with E-state index in [0.717, 1.165) is 13.8 Å².